The van der Waals surface area contributed by atoms with Gasteiger partial charge in [-0.05, 0) is 86.4 Å². The Kier molecular flexibility index (Phi) is 12.3. The van der Waals surface area contributed by atoms with Crippen LogP contribution >= 0.6 is 0 Å². The third-order valence-corrected chi connectivity index (χ3v) is 11.1. The maximum absolute atomic E-state index is 13.5. The van der Waals surface area contributed by atoms with Crippen molar-refractivity contribution in [3.8, 4) is 28.7 Å². The van der Waals surface area contributed by atoms with Crippen LogP contribution < -0.4 is 15.0 Å². The minimum atomic E-state index is -0.599. The van der Waals surface area contributed by atoms with Crippen LogP contribution in [0.5, 0.6) is 11.5 Å². The molecule has 5 rings (SSSR count). The van der Waals surface area contributed by atoms with Crippen LogP contribution in [0.1, 0.15) is 73.5 Å². The molecule has 0 saturated carbocycles. The smallest absolute Gasteiger partial charge is 0.264 e. The van der Waals surface area contributed by atoms with Gasteiger partial charge in [-0.3, -0.25) is 23.8 Å². The topological polar surface area (TPSA) is 91.0 Å². The number of halogens is 1. The highest BCUT2D eigenvalue weighted by atomic mass is 19.1. The third kappa shape index (κ3) is 7.67. The Morgan fingerprint density at radius 1 is 1.04 bits per heavy atom. The number of hydrogen-bond donors (Lipinski definition) is 0. The van der Waals surface area contributed by atoms with E-state index >= 15 is 0 Å². The standard InChI is InChI=1S/C42H54FN5O4/c1-26(2)40-35-14-10-12-32(34(35)15-17-48(40)42(50)31(20-44)13-11-16-43)23-46-21-28(4)47(22-27(46)3)25-37-38(51-8)18-33(19-39(37)52-9)36-24-45(7)41(49)30(6)29(36)5/h10,12-14,18-19,24,26-28,40H,11,15-17,21-23,25H2,1-9H3/b31-13+/t27-,28+,40?/m0/s1. The fourth-order valence-corrected chi connectivity index (χ4v) is 8.10. The first-order valence-corrected chi connectivity index (χ1v) is 18.3. The molecule has 9 nitrogen and oxygen atoms in total. The Balaban J connectivity index is 1.35. The lowest BCUT2D eigenvalue weighted by molar-refractivity contribution is -0.130. The molecule has 0 N–H and O–H groups in total. The lowest BCUT2D eigenvalue weighted by Gasteiger charge is -2.45. The van der Waals surface area contributed by atoms with E-state index in [1.165, 1.54) is 17.2 Å². The van der Waals surface area contributed by atoms with Gasteiger partial charge in [0.2, 0.25) is 0 Å². The van der Waals surface area contributed by atoms with Gasteiger partial charge in [-0.15, -0.1) is 0 Å². The van der Waals surface area contributed by atoms with Gasteiger partial charge < -0.3 is 18.9 Å². The van der Waals surface area contributed by atoms with Crippen molar-refractivity contribution in [2.45, 2.75) is 85.6 Å². The van der Waals surface area contributed by atoms with E-state index in [9.17, 15) is 19.2 Å². The summed E-state index contributed by atoms with van der Waals surface area (Å²) in [6.45, 7) is 15.7. The zero-order valence-electron chi connectivity index (χ0n) is 32.3. The number of aromatic nitrogens is 1. The number of nitrogens with zero attached hydrogens (tertiary/aromatic N) is 5. The number of amides is 1. The number of ether oxygens (including phenoxy) is 2. The molecule has 1 aromatic heterocycles. The van der Waals surface area contributed by atoms with Crippen molar-refractivity contribution in [1.29, 1.82) is 5.26 Å². The maximum atomic E-state index is 13.5. The summed E-state index contributed by atoms with van der Waals surface area (Å²) in [5.74, 6) is 1.33. The molecule has 0 bridgehead atoms. The van der Waals surface area contributed by atoms with Crippen LogP contribution in [0.4, 0.5) is 4.39 Å². The van der Waals surface area contributed by atoms with E-state index < -0.39 is 6.67 Å². The molecule has 278 valence electrons. The number of hydrogen-bond acceptors (Lipinski definition) is 7. The quantitative estimate of drug-likeness (QED) is 0.162. The van der Waals surface area contributed by atoms with Gasteiger partial charge >= 0.3 is 0 Å². The van der Waals surface area contributed by atoms with Gasteiger partial charge in [0.25, 0.3) is 11.5 Å². The molecule has 3 heterocycles. The van der Waals surface area contributed by atoms with Crippen LogP contribution in [0.25, 0.3) is 11.1 Å². The fraction of sp³-hybridized carbons (Fsp3) is 0.500. The number of fused-ring (bicyclic) bond motifs is 1. The molecular weight excluding hydrogens is 657 g/mol. The molecule has 1 amide bonds. The summed E-state index contributed by atoms with van der Waals surface area (Å²) in [4.78, 5) is 32.9. The van der Waals surface area contributed by atoms with Crippen molar-refractivity contribution in [3.05, 3.63) is 91.9 Å². The van der Waals surface area contributed by atoms with Crippen molar-refractivity contribution >= 4 is 5.91 Å². The fourth-order valence-electron chi connectivity index (χ4n) is 8.10. The van der Waals surface area contributed by atoms with E-state index in [-0.39, 0.29) is 47.5 Å². The highest BCUT2D eigenvalue weighted by molar-refractivity contribution is 5.97. The first kappa shape index (κ1) is 38.8. The average molecular weight is 712 g/mol. The van der Waals surface area contributed by atoms with Crippen molar-refractivity contribution in [3.63, 3.8) is 0 Å². The molecule has 1 saturated heterocycles. The number of alkyl halides is 1. The summed E-state index contributed by atoms with van der Waals surface area (Å²) in [5, 5.41) is 9.67. The number of rotatable bonds is 11. The number of benzene rings is 2. The Labute approximate surface area is 308 Å². The van der Waals surface area contributed by atoms with E-state index in [0.29, 0.717) is 19.5 Å². The summed E-state index contributed by atoms with van der Waals surface area (Å²) in [6, 6.07) is 12.9. The molecule has 1 fully saturated rings. The van der Waals surface area contributed by atoms with Gasteiger partial charge in [0, 0.05) is 69.2 Å². The first-order valence-electron chi connectivity index (χ1n) is 18.3. The van der Waals surface area contributed by atoms with E-state index in [4.69, 9.17) is 9.47 Å². The molecule has 10 heteroatoms. The van der Waals surface area contributed by atoms with Gasteiger partial charge in [-0.1, -0.05) is 38.1 Å². The minimum absolute atomic E-state index is 0.000321. The molecule has 3 atom stereocenters. The van der Waals surface area contributed by atoms with E-state index in [1.54, 1.807) is 25.8 Å². The lowest BCUT2D eigenvalue weighted by atomic mass is 9.83. The second-order valence-corrected chi connectivity index (χ2v) is 14.8. The number of piperazine rings is 1. The van der Waals surface area contributed by atoms with E-state index in [0.717, 1.165) is 64.5 Å². The number of aryl methyl sites for hydroxylation is 1. The van der Waals surface area contributed by atoms with Gasteiger partial charge in [0.1, 0.15) is 23.1 Å². The number of carbonyl (C=O) groups excluding carboxylic acids is 1. The van der Waals surface area contributed by atoms with Crippen LogP contribution in [0.3, 0.4) is 0 Å². The SMILES string of the molecule is COc1cc(-c2cn(C)c(=O)c(C)c2C)cc(OC)c1CN1C[C@H](C)N(Cc2cccc3c2CCN(C(=O)/C(C#N)=C/CCF)C3C(C)C)C[C@H]1C. The van der Waals surface area contributed by atoms with Crippen LogP contribution in [0.2, 0.25) is 0 Å². The maximum Gasteiger partial charge on any atom is 0.264 e. The van der Waals surface area contributed by atoms with Gasteiger partial charge in [-0.2, -0.15) is 5.26 Å². The van der Waals surface area contributed by atoms with Crippen molar-refractivity contribution in [2.24, 2.45) is 13.0 Å². The normalized spacial score (nSPS) is 19.8. The van der Waals surface area contributed by atoms with E-state index in [2.05, 4.69) is 55.7 Å². The van der Waals surface area contributed by atoms with E-state index in [1.807, 2.05) is 43.1 Å². The summed E-state index contributed by atoms with van der Waals surface area (Å²) >= 11 is 0. The molecule has 0 spiro atoms. The molecule has 2 aromatic carbocycles. The number of carbonyl (C=O) groups is 1. The molecule has 2 aliphatic heterocycles. The lowest BCUT2D eigenvalue weighted by Crippen LogP contribution is -2.55. The molecular formula is C42H54FN5O4. The molecule has 0 aliphatic carbocycles. The van der Waals surface area contributed by atoms with Crippen molar-refractivity contribution in [1.82, 2.24) is 19.3 Å². The predicted octanol–water partition coefficient (Wildman–Crippen LogP) is 6.67. The first-order chi connectivity index (χ1) is 24.8. The number of pyridine rings is 1. The molecule has 1 unspecified atom stereocenters. The number of allylic oxidation sites excluding steroid dienone is 1. The van der Waals surface area contributed by atoms with Crippen LogP contribution in [0.15, 0.2) is 53.0 Å². The molecule has 2 aliphatic rings. The summed E-state index contributed by atoms with van der Waals surface area (Å²) in [5.41, 5.74) is 8.30. The Bertz CT molecular complexity index is 1900. The van der Waals surface area contributed by atoms with Crippen LogP contribution in [-0.4, -0.2) is 77.8 Å². The Morgan fingerprint density at radius 2 is 1.67 bits per heavy atom. The van der Waals surface area contributed by atoms with Crippen LogP contribution in [-0.2, 0) is 31.4 Å². The third-order valence-electron chi connectivity index (χ3n) is 11.1. The van der Waals surface area contributed by atoms with Crippen LogP contribution in [0, 0.1) is 31.1 Å². The van der Waals surface area contributed by atoms with Gasteiger partial charge in [-0.25, -0.2) is 0 Å². The number of nitriles is 1. The molecule has 0 radical (unpaired) electrons. The summed E-state index contributed by atoms with van der Waals surface area (Å²) in [6.07, 6.45) is 4.07. The highest BCUT2D eigenvalue weighted by Crippen LogP contribution is 2.40. The zero-order valence-corrected chi connectivity index (χ0v) is 32.3. The van der Waals surface area contributed by atoms with Crippen molar-refractivity contribution in [2.75, 3.05) is 40.5 Å². The monoisotopic (exact) mass is 711 g/mol. The number of methoxy groups -OCH3 is 2. The van der Waals surface area contributed by atoms with Gasteiger partial charge in [0.15, 0.2) is 0 Å². The second-order valence-electron chi connectivity index (χ2n) is 14.8. The minimum Gasteiger partial charge on any atom is -0.496 e. The predicted molar refractivity (Wildman–Crippen MR) is 203 cm³/mol. The zero-order chi connectivity index (χ0) is 37.9. The molecule has 3 aromatic rings. The Hall–Kier alpha value is -4.46. The van der Waals surface area contributed by atoms with Crippen molar-refractivity contribution < 1.29 is 18.7 Å². The molecule has 52 heavy (non-hydrogen) atoms. The Morgan fingerprint density at radius 3 is 2.25 bits per heavy atom. The van der Waals surface area contributed by atoms with Gasteiger partial charge in [0.05, 0.1) is 32.5 Å². The summed E-state index contributed by atoms with van der Waals surface area (Å²) < 4.78 is 26.4. The average Bonchev–Trinajstić information content (AvgIpc) is 3.13. The summed E-state index contributed by atoms with van der Waals surface area (Å²) in [7, 11) is 5.16. The highest BCUT2D eigenvalue weighted by Gasteiger charge is 2.36. The second kappa shape index (κ2) is 16.5. The largest absolute Gasteiger partial charge is 0.496 e.